The number of hydrogen-bond acceptors (Lipinski definition) is 4. The van der Waals surface area contributed by atoms with Crippen molar-refractivity contribution in [1.29, 1.82) is 0 Å². The van der Waals surface area contributed by atoms with Gasteiger partial charge in [0.05, 0.1) is 10.7 Å². The van der Waals surface area contributed by atoms with Crippen LogP contribution in [-0.2, 0) is 9.53 Å². The van der Waals surface area contributed by atoms with Gasteiger partial charge in [0.15, 0.2) is 12.3 Å². The molecule has 5 nitrogen and oxygen atoms in total. The van der Waals surface area contributed by atoms with Gasteiger partial charge >= 0.3 is 5.97 Å². The van der Waals surface area contributed by atoms with E-state index < -0.39 is 24.3 Å². The van der Waals surface area contributed by atoms with Gasteiger partial charge < -0.3 is 10.1 Å². The molecule has 1 amide bonds. The van der Waals surface area contributed by atoms with E-state index in [1.165, 1.54) is 12.3 Å². The Balaban J connectivity index is 1.66. The lowest BCUT2D eigenvalue weighted by atomic mass is 10.1. The molecule has 0 radical (unpaired) electrons. The Hall–Kier alpha value is -2.99. The van der Waals surface area contributed by atoms with Gasteiger partial charge in [0.1, 0.15) is 5.82 Å². The predicted octanol–water partition coefficient (Wildman–Crippen LogP) is 3.82. The molecule has 0 bridgehead atoms. The van der Waals surface area contributed by atoms with Gasteiger partial charge in [0.2, 0.25) is 0 Å². The molecular formula is C18H12ClFN2O3. The summed E-state index contributed by atoms with van der Waals surface area (Å²) in [7, 11) is 0. The summed E-state index contributed by atoms with van der Waals surface area (Å²) >= 11 is 5.83. The zero-order valence-corrected chi connectivity index (χ0v) is 13.6. The molecule has 0 saturated carbocycles. The summed E-state index contributed by atoms with van der Waals surface area (Å²) in [6.45, 7) is -0.516. The maximum Gasteiger partial charge on any atom is 0.358 e. The summed E-state index contributed by atoms with van der Waals surface area (Å²) in [6, 6.07) is 12.5. The molecule has 0 saturated heterocycles. The number of anilines is 1. The first-order valence-corrected chi connectivity index (χ1v) is 7.68. The van der Waals surface area contributed by atoms with Gasteiger partial charge in [-0.15, -0.1) is 0 Å². The summed E-state index contributed by atoms with van der Waals surface area (Å²) in [6.07, 6.45) is 1.50. The van der Waals surface area contributed by atoms with Gasteiger partial charge in [-0.1, -0.05) is 35.9 Å². The fourth-order valence-corrected chi connectivity index (χ4v) is 2.47. The van der Waals surface area contributed by atoms with Crippen molar-refractivity contribution in [2.24, 2.45) is 0 Å². The van der Waals surface area contributed by atoms with Gasteiger partial charge in [-0.25, -0.2) is 14.2 Å². The standard InChI is InChI=1S/C18H12ClFN2O3/c19-14-9-12(20)5-6-15(14)22-16(23)10-25-18(24)17-13-4-2-1-3-11(13)7-8-21-17/h1-9H,10H2,(H,22,23). The largest absolute Gasteiger partial charge is 0.451 e. The molecule has 0 spiro atoms. The van der Waals surface area contributed by atoms with Gasteiger partial charge in [-0.2, -0.15) is 0 Å². The third-order valence-electron chi connectivity index (χ3n) is 3.41. The van der Waals surface area contributed by atoms with Crippen LogP contribution in [0.5, 0.6) is 0 Å². The van der Waals surface area contributed by atoms with Crippen molar-refractivity contribution in [2.75, 3.05) is 11.9 Å². The fraction of sp³-hybridized carbons (Fsp3) is 0.0556. The number of halogens is 2. The monoisotopic (exact) mass is 358 g/mol. The van der Waals surface area contributed by atoms with Crippen molar-refractivity contribution in [2.45, 2.75) is 0 Å². The molecule has 7 heteroatoms. The van der Waals surface area contributed by atoms with Crippen LogP contribution in [0.4, 0.5) is 10.1 Å². The number of nitrogens with zero attached hydrogens (tertiary/aromatic N) is 1. The van der Waals surface area contributed by atoms with Crippen LogP contribution in [-0.4, -0.2) is 23.5 Å². The molecule has 0 aliphatic heterocycles. The number of carbonyl (C=O) groups is 2. The highest BCUT2D eigenvalue weighted by molar-refractivity contribution is 6.33. The number of esters is 1. The van der Waals surface area contributed by atoms with Crippen LogP contribution in [0.3, 0.4) is 0 Å². The second-order valence-electron chi connectivity index (χ2n) is 5.13. The molecule has 1 heterocycles. The molecule has 0 atom stereocenters. The van der Waals surface area contributed by atoms with E-state index in [2.05, 4.69) is 10.3 Å². The number of aromatic nitrogens is 1. The Kier molecular flexibility index (Phi) is 4.90. The highest BCUT2D eigenvalue weighted by atomic mass is 35.5. The maximum absolute atomic E-state index is 13.0. The molecule has 0 unspecified atom stereocenters. The van der Waals surface area contributed by atoms with Crippen LogP contribution in [0.2, 0.25) is 5.02 Å². The molecule has 3 rings (SSSR count). The minimum atomic E-state index is -0.711. The lowest BCUT2D eigenvalue weighted by Crippen LogP contribution is -2.21. The van der Waals surface area contributed by atoms with Crippen molar-refractivity contribution >= 4 is 39.9 Å². The summed E-state index contributed by atoms with van der Waals surface area (Å²) in [5, 5.41) is 3.97. The average Bonchev–Trinajstić information content (AvgIpc) is 2.61. The number of pyridine rings is 1. The van der Waals surface area contributed by atoms with Crippen molar-refractivity contribution in [1.82, 2.24) is 4.98 Å². The molecule has 0 fully saturated rings. The first-order chi connectivity index (χ1) is 12.0. The molecule has 1 aromatic heterocycles. The van der Waals surface area contributed by atoms with Crippen LogP contribution in [0.1, 0.15) is 10.5 Å². The molecule has 3 aromatic rings. The van der Waals surface area contributed by atoms with E-state index >= 15 is 0 Å². The second-order valence-corrected chi connectivity index (χ2v) is 5.54. The number of fused-ring (bicyclic) bond motifs is 1. The van der Waals surface area contributed by atoms with Crippen molar-refractivity contribution in [3.05, 3.63) is 71.3 Å². The quantitative estimate of drug-likeness (QED) is 0.720. The minimum Gasteiger partial charge on any atom is -0.451 e. The van der Waals surface area contributed by atoms with Crippen LogP contribution in [0.15, 0.2) is 54.7 Å². The highest BCUT2D eigenvalue weighted by Crippen LogP contribution is 2.22. The van der Waals surface area contributed by atoms with Gasteiger partial charge in [-0.05, 0) is 29.7 Å². The van der Waals surface area contributed by atoms with Crippen LogP contribution in [0, 0.1) is 5.82 Å². The highest BCUT2D eigenvalue weighted by Gasteiger charge is 2.15. The molecule has 1 N–H and O–H groups in total. The Morgan fingerprint density at radius 3 is 2.76 bits per heavy atom. The minimum absolute atomic E-state index is 0.0513. The van der Waals surface area contributed by atoms with Crippen LogP contribution < -0.4 is 5.32 Å². The van der Waals surface area contributed by atoms with E-state index in [1.54, 1.807) is 18.2 Å². The Morgan fingerprint density at radius 2 is 1.96 bits per heavy atom. The molecule has 126 valence electrons. The van der Waals surface area contributed by atoms with Crippen molar-refractivity contribution < 1.29 is 18.7 Å². The van der Waals surface area contributed by atoms with Crippen molar-refractivity contribution in [3.8, 4) is 0 Å². The molecule has 0 aliphatic rings. The molecule has 2 aromatic carbocycles. The number of rotatable bonds is 4. The first kappa shape index (κ1) is 16.9. The van der Waals surface area contributed by atoms with E-state index in [4.69, 9.17) is 16.3 Å². The van der Waals surface area contributed by atoms with Crippen LogP contribution >= 0.6 is 11.6 Å². The normalized spacial score (nSPS) is 10.5. The molecule has 0 aliphatic carbocycles. The summed E-state index contributed by atoms with van der Waals surface area (Å²) in [5.74, 6) is -1.82. The van der Waals surface area contributed by atoms with E-state index in [0.717, 1.165) is 17.5 Å². The zero-order valence-electron chi connectivity index (χ0n) is 12.8. The van der Waals surface area contributed by atoms with E-state index in [0.29, 0.717) is 5.39 Å². The number of ether oxygens (including phenoxy) is 1. The third-order valence-corrected chi connectivity index (χ3v) is 3.72. The van der Waals surface area contributed by atoms with E-state index in [9.17, 15) is 14.0 Å². The molecular weight excluding hydrogens is 347 g/mol. The Labute approximate surface area is 147 Å². The average molecular weight is 359 g/mol. The number of benzene rings is 2. The molecule has 25 heavy (non-hydrogen) atoms. The fourth-order valence-electron chi connectivity index (χ4n) is 2.26. The van der Waals surface area contributed by atoms with E-state index in [-0.39, 0.29) is 16.4 Å². The van der Waals surface area contributed by atoms with Gasteiger partial charge in [-0.3, -0.25) is 4.79 Å². The third kappa shape index (κ3) is 3.92. The first-order valence-electron chi connectivity index (χ1n) is 7.30. The summed E-state index contributed by atoms with van der Waals surface area (Å²) < 4.78 is 18.0. The lowest BCUT2D eigenvalue weighted by Gasteiger charge is -2.09. The topological polar surface area (TPSA) is 68.3 Å². The smallest absolute Gasteiger partial charge is 0.358 e. The summed E-state index contributed by atoms with van der Waals surface area (Å²) in [4.78, 5) is 28.1. The number of hydrogen-bond donors (Lipinski definition) is 1. The zero-order chi connectivity index (χ0) is 17.8. The van der Waals surface area contributed by atoms with Crippen molar-refractivity contribution in [3.63, 3.8) is 0 Å². The van der Waals surface area contributed by atoms with Gasteiger partial charge in [0.25, 0.3) is 5.91 Å². The van der Waals surface area contributed by atoms with E-state index in [1.807, 2.05) is 12.1 Å². The van der Waals surface area contributed by atoms with Gasteiger partial charge in [0, 0.05) is 11.6 Å². The Bertz CT molecular complexity index is 957. The maximum atomic E-state index is 13.0. The Morgan fingerprint density at radius 1 is 1.16 bits per heavy atom. The SMILES string of the molecule is O=C(COC(=O)c1nccc2ccccc12)Nc1ccc(F)cc1Cl. The van der Waals surface area contributed by atoms with Crippen LogP contribution in [0.25, 0.3) is 10.8 Å². The number of nitrogens with one attached hydrogen (secondary N) is 1. The lowest BCUT2D eigenvalue weighted by molar-refractivity contribution is -0.119. The number of carbonyl (C=O) groups excluding carboxylic acids is 2. The number of amides is 1. The summed E-state index contributed by atoms with van der Waals surface area (Å²) in [5.41, 5.74) is 0.359. The predicted molar refractivity (Wildman–Crippen MR) is 92.1 cm³/mol. The second kappa shape index (κ2) is 7.27.